The van der Waals surface area contributed by atoms with Gasteiger partial charge in [0.2, 0.25) is 0 Å². The molecule has 0 aromatic carbocycles. The zero-order valence-corrected chi connectivity index (χ0v) is 9.51. The molecule has 1 aliphatic carbocycles. The second kappa shape index (κ2) is 4.78. The molecule has 0 amide bonds. The molecule has 0 aliphatic heterocycles. The summed E-state index contributed by atoms with van der Waals surface area (Å²) in [6.45, 7) is 2.36. The van der Waals surface area contributed by atoms with Gasteiger partial charge in [-0.1, -0.05) is 6.42 Å². The molecule has 0 unspecified atom stereocenters. The van der Waals surface area contributed by atoms with Gasteiger partial charge in [0.05, 0.1) is 0 Å². The summed E-state index contributed by atoms with van der Waals surface area (Å²) < 4.78 is 5.51. The third-order valence-corrected chi connectivity index (χ3v) is 2.73. The van der Waals surface area contributed by atoms with Crippen LogP contribution in [0.15, 0.2) is 0 Å². The second-order valence-corrected chi connectivity index (χ2v) is 4.58. The van der Waals surface area contributed by atoms with Crippen LogP contribution in [0.4, 0.5) is 0 Å². The van der Waals surface area contributed by atoms with Crippen molar-refractivity contribution in [2.24, 2.45) is 0 Å². The minimum absolute atomic E-state index is 0.145. The van der Waals surface area contributed by atoms with Crippen molar-refractivity contribution in [2.75, 3.05) is 20.6 Å². The van der Waals surface area contributed by atoms with E-state index < -0.39 is 0 Å². The molecule has 0 N–H and O–H groups in total. The van der Waals surface area contributed by atoms with Gasteiger partial charge >= 0.3 is 5.97 Å². The highest BCUT2D eigenvalue weighted by molar-refractivity contribution is 5.66. The molecular weight excluding hydrogens is 178 g/mol. The molecule has 0 spiro atoms. The van der Waals surface area contributed by atoms with Crippen molar-refractivity contribution < 1.29 is 9.53 Å². The second-order valence-electron chi connectivity index (χ2n) is 4.58. The Kier molecular flexibility index (Phi) is 3.93. The molecular formula is C11H21NO2. The van der Waals surface area contributed by atoms with Crippen LogP contribution in [0.25, 0.3) is 0 Å². The van der Waals surface area contributed by atoms with E-state index >= 15 is 0 Å². The van der Waals surface area contributed by atoms with Gasteiger partial charge in [-0.2, -0.15) is 0 Å². The average Bonchev–Trinajstić information content (AvgIpc) is 2.01. The number of rotatable bonds is 3. The van der Waals surface area contributed by atoms with Crippen molar-refractivity contribution in [2.45, 2.75) is 44.6 Å². The van der Waals surface area contributed by atoms with Crippen LogP contribution >= 0.6 is 0 Å². The normalized spacial score (nSPS) is 20.9. The molecule has 1 fully saturated rings. The lowest BCUT2D eigenvalue weighted by Gasteiger charge is -2.38. The smallest absolute Gasteiger partial charge is 0.303 e. The fraction of sp³-hybridized carbons (Fsp3) is 0.909. The topological polar surface area (TPSA) is 29.5 Å². The molecule has 3 heteroatoms. The van der Waals surface area contributed by atoms with E-state index in [-0.39, 0.29) is 11.6 Å². The predicted molar refractivity (Wildman–Crippen MR) is 56.1 cm³/mol. The number of hydrogen-bond acceptors (Lipinski definition) is 3. The Morgan fingerprint density at radius 2 is 1.86 bits per heavy atom. The first-order valence-corrected chi connectivity index (χ1v) is 5.38. The Balaban J connectivity index is 2.61. The van der Waals surface area contributed by atoms with Gasteiger partial charge in [0, 0.05) is 13.5 Å². The Labute approximate surface area is 86.4 Å². The predicted octanol–water partition coefficient (Wildman–Crippen LogP) is 1.81. The standard InChI is InChI=1S/C11H21NO2/c1-10(13)14-11(9-12(2)3)7-5-4-6-8-11/h4-9H2,1-3H3. The van der Waals surface area contributed by atoms with E-state index in [2.05, 4.69) is 4.90 Å². The van der Waals surface area contributed by atoms with Crippen LogP contribution in [-0.2, 0) is 9.53 Å². The Morgan fingerprint density at radius 3 is 2.29 bits per heavy atom. The number of ether oxygens (including phenoxy) is 1. The van der Waals surface area contributed by atoms with Gasteiger partial charge in [-0.25, -0.2) is 0 Å². The summed E-state index contributed by atoms with van der Waals surface area (Å²) in [5, 5.41) is 0. The summed E-state index contributed by atoms with van der Waals surface area (Å²) >= 11 is 0. The number of nitrogens with zero attached hydrogens (tertiary/aromatic N) is 1. The van der Waals surface area contributed by atoms with E-state index in [9.17, 15) is 4.79 Å². The zero-order valence-electron chi connectivity index (χ0n) is 9.51. The molecule has 82 valence electrons. The highest BCUT2D eigenvalue weighted by Crippen LogP contribution is 2.32. The molecule has 0 radical (unpaired) electrons. The van der Waals surface area contributed by atoms with Gasteiger partial charge in [0.1, 0.15) is 5.60 Å². The van der Waals surface area contributed by atoms with Crippen LogP contribution in [0, 0.1) is 0 Å². The first-order chi connectivity index (χ1) is 6.54. The monoisotopic (exact) mass is 199 g/mol. The van der Waals surface area contributed by atoms with E-state index in [0.717, 1.165) is 19.4 Å². The van der Waals surface area contributed by atoms with Gasteiger partial charge in [-0.05, 0) is 39.8 Å². The van der Waals surface area contributed by atoms with Crippen molar-refractivity contribution >= 4 is 5.97 Å². The Bertz CT molecular complexity index is 195. The van der Waals surface area contributed by atoms with Crippen LogP contribution in [-0.4, -0.2) is 37.1 Å². The first-order valence-electron chi connectivity index (χ1n) is 5.38. The van der Waals surface area contributed by atoms with Gasteiger partial charge < -0.3 is 9.64 Å². The van der Waals surface area contributed by atoms with E-state index in [1.165, 1.54) is 26.2 Å². The molecule has 0 aromatic rings. The number of hydrogen-bond donors (Lipinski definition) is 0. The van der Waals surface area contributed by atoms with Crippen molar-refractivity contribution in [1.29, 1.82) is 0 Å². The molecule has 0 saturated heterocycles. The van der Waals surface area contributed by atoms with Crippen LogP contribution in [0.1, 0.15) is 39.0 Å². The average molecular weight is 199 g/mol. The van der Waals surface area contributed by atoms with Gasteiger partial charge in [0.25, 0.3) is 0 Å². The van der Waals surface area contributed by atoms with E-state index in [1.54, 1.807) is 0 Å². The summed E-state index contributed by atoms with van der Waals surface area (Å²) in [4.78, 5) is 13.2. The maximum atomic E-state index is 11.1. The molecule has 0 heterocycles. The molecule has 1 aliphatic rings. The molecule has 0 atom stereocenters. The molecule has 1 saturated carbocycles. The minimum atomic E-state index is -0.201. The lowest BCUT2D eigenvalue weighted by molar-refractivity contribution is -0.162. The lowest BCUT2D eigenvalue weighted by atomic mass is 9.84. The molecule has 0 bridgehead atoms. The van der Waals surface area contributed by atoms with Crippen LogP contribution in [0.3, 0.4) is 0 Å². The number of carbonyl (C=O) groups excluding carboxylic acids is 1. The maximum Gasteiger partial charge on any atom is 0.303 e. The number of carbonyl (C=O) groups is 1. The molecule has 14 heavy (non-hydrogen) atoms. The lowest BCUT2D eigenvalue weighted by Crippen LogP contribution is -2.45. The quantitative estimate of drug-likeness (QED) is 0.649. The fourth-order valence-corrected chi connectivity index (χ4v) is 2.37. The summed E-state index contributed by atoms with van der Waals surface area (Å²) in [5.74, 6) is -0.145. The first kappa shape index (κ1) is 11.5. The van der Waals surface area contributed by atoms with Crippen molar-refractivity contribution in [3.8, 4) is 0 Å². The third-order valence-electron chi connectivity index (χ3n) is 2.73. The number of esters is 1. The number of likely N-dealkylation sites (N-methyl/N-ethyl adjacent to an activating group) is 1. The highest BCUT2D eigenvalue weighted by atomic mass is 16.6. The van der Waals surface area contributed by atoms with Crippen molar-refractivity contribution in [3.05, 3.63) is 0 Å². The van der Waals surface area contributed by atoms with E-state index in [4.69, 9.17) is 4.74 Å². The minimum Gasteiger partial charge on any atom is -0.458 e. The third kappa shape index (κ3) is 3.29. The SMILES string of the molecule is CC(=O)OC1(CN(C)C)CCCCC1. The zero-order chi connectivity index (χ0) is 10.6. The summed E-state index contributed by atoms with van der Waals surface area (Å²) in [6, 6.07) is 0. The van der Waals surface area contributed by atoms with Gasteiger partial charge in [-0.3, -0.25) is 4.79 Å². The van der Waals surface area contributed by atoms with Crippen LogP contribution in [0.2, 0.25) is 0 Å². The van der Waals surface area contributed by atoms with E-state index in [0.29, 0.717) is 0 Å². The van der Waals surface area contributed by atoms with Crippen molar-refractivity contribution in [3.63, 3.8) is 0 Å². The van der Waals surface area contributed by atoms with E-state index in [1.807, 2.05) is 14.1 Å². The summed E-state index contributed by atoms with van der Waals surface area (Å²) in [7, 11) is 4.06. The highest BCUT2D eigenvalue weighted by Gasteiger charge is 2.35. The fourth-order valence-electron chi connectivity index (χ4n) is 2.37. The summed E-state index contributed by atoms with van der Waals surface area (Å²) in [5.41, 5.74) is -0.201. The Hall–Kier alpha value is -0.570. The van der Waals surface area contributed by atoms with Gasteiger partial charge in [-0.15, -0.1) is 0 Å². The Morgan fingerprint density at radius 1 is 1.29 bits per heavy atom. The summed E-state index contributed by atoms with van der Waals surface area (Å²) in [6.07, 6.45) is 5.67. The largest absolute Gasteiger partial charge is 0.458 e. The van der Waals surface area contributed by atoms with Crippen LogP contribution < -0.4 is 0 Å². The van der Waals surface area contributed by atoms with Crippen molar-refractivity contribution in [1.82, 2.24) is 4.90 Å². The molecule has 1 rings (SSSR count). The van der Waals surface area contributed by atoms with Gasteiger partial charge in [0.15, 0.2) is 0 Å². The molecule has 0 aromatic heterocycles. The molecule has 3 nitrogen and oxygen atoms in total. The maximum absolute atomic E-state index is 11.1. The van der Waals surface area contributed by atoms with Crippen LogP contribution in [0.5, 0.6) is 0 Å².